The molecule has 0 amide bonds. The quantitative estimate of drug-likeness (QED) is 0.641. The molecule has 0 unspecified atom stereocenters. The predicted octanol–water partition coefficient (Wildman–Crippen LogP) is 0.779. The minimum atomic E-state index is 0.710. The first kappa shape index (κ1) is 18.6. The van der Waals surface area contributed by atoms with Crippen molar-refractivity contribution in [2.45, 2.75) is 6.67 Å². The maximum atomic E-state index is 5.64. The molecule has 1 aromatic carbocycles. The zero-order chi connectivity index (χ0) is 19.5. The van der Waals surface area contributed by atoms with E-state index in [0.29, 0.717) is 4.77 Å². The number of anilines is 1. The highest BCUT2D eigenvalue weighted by Gasteiger charge is 2.23. The van der Waals surface area contributed by atoms with Gasteiger partial charge in [-0.2, -0.15) is 4.68 Å². The highest BCUT2D eigenvalue weighted by atomic mass is 32.1. The molecule has 1 saturated heterocycles. The monoisotopic (exact) mass is 398 g/mol. The lowest BCUT2D eigenvalue weighted by atomic mass is 10.2. The second-order valence-electron chi connectivity index (χ2n) is 6.81. The Hall–Kier alpha value is -2.78. The van der Waals surface area contributed by atoms with Crippen LogP contribution in [0.4, 0.5) is 5.95 Å². The third-order valence-electron chi connectivity index (χ3n) is 5.07. The molecule has 1 aliphatic heterocycles. The van der Waals surface area contributed by atoms with Gasteiger partial charge >= 0.3 is 0 Å². The summed E-state index contributed by atoms with van der Waals surface area (Å²) in [5.41, 5.74) is 0.943. The molecule has 1 fully saturated rings. The van der Waals surface area contributed by atoms with Gasteiger partial charge in [-0.05, 0) is 30.4 Å². The lowest BCUT2D eigenvalue weighted by molar-refractivity contribution is -0.924. The molecular formula is C19H24N7OS+. The number of aromatic nitrogens is 5. The number of quaternary nitrogens is 1. The number of methoxy groups -OCH3 is 1. The van der Waals surface area contributed by atoms with Crippen LogP contribution < -0.4 is 14.5 Å². The number of hydrogen-bond donors (Lipinski definition) is 1. The fourth-order valence-corrected chi connectivity index (χ4v) is 3.69. The van der Waals surface area contributed by atoms with Gasteiger partial charge in [-0.3, -0.25) is 0 Å². The Bertz CT molecular complexity index is 993. The van der Waals surface area contributed by atoms with Crippen LogP contribution in [0.2, 0.25) is 0 Å². The zero-order valence-corrected chi connectivity index (χ0v) is 16.9. The molecule has 146 valence electrons. The van der Waals surface area contributed by atoms with Gasteiger partial charge in [0.2, 0.25) is 10.7 Å². The summed E-state index contributed by atoms with van der Waals surface area (Å²) < 4.78 is 10.1. The summed E-state index contributed by atoms with van der Waals surface area (Å²) in [4.78, 5) is 12.4. The Morgan fingerprint density at radius 1 is 1.11 bits per heavy atom. The molecule has 0 spiro atoms. The van der Waals surface area contributed by atoms with Crippen LogP contribution in [-0.2, 0) is 13.7 Å². The largest absolute Gasteiger partial charge is 0.496 e. The van der Waals surface area contributed by atoms with E-state index in [9.17, 15) is 0 Å². The highest BCUT2D eigenvalue weighted by Crippen LogP contribution is 2.27. The van der Waals surface area contributed by atoms with Gasteiger partial charge in [0.05, 0.1) is 38.9 Å². The average molecular weight is 399 g/mol. The van der Waals surface area contributed by atoms with E-state index in [1.54, 1.807) is 19.5 Å². The van der Waals surface area contributed by atoms with Gasteiger partial charge < -0.3 is 19.1 Å². The van der Waals surface area contributed by atoms with Crippen molar-refractivity contribution < 1.29 is 9.64 Å². The van der Waals surface area contributed by atoms with E-state index in [2.05, 4.69) is 14.9 Å². The summed E-state index contributed by atoms with van der Waals surface area (Å²) in [6.45, 7) is 4.55. The fraction of sp³-hybridized carbons (Fsp3) is 0.368. The van der Waals surface area contributed by atoms with Gasteiger partial charge in [-0.15, -0.1) is 5.10 Å². The Balaban J connectivity index is 1.49. The van der Waals surface area contributed by atoms with E-state index in [0.717, 1.165) is 55.9 Å². The van der Waals surface area contributed by atoms with Crippen LogP contribution in [0.3, 0.4) is 0 Å². The number of piperazine rings is 1. The average Bonchev–Trinajstić information content (AvgIpc) is 3.03. The second kappa shape index (κ2) is 8.07. The molecular weight excluding hydrogens is 374 g/mol. The Kier molecular flexibility index (Phi) is 5.36. The SMILES string of the molecule is COc1ccccc1-c1nn(C[NH+]2CCN(c3ncccn3)CC2)c(=S)n1C. The normalized spacial score (nSPS) is 15.0. The van der Waals surface area contributed by atoms with Crippen LogP contribution in [0.25, 0.3) is 11.4 Å². The fourth-order valence-electron chi connectivity index (χ4n) is 3.50. The minimum Gasteiger partial charge on any atom is -0.496 e. The molecule has 4 rings (SSSR count). The molecule has 1 N–H and O–H groups in total. The molecule has 2 aromatic heterocycles. The molecule has 0 saturated carbocycles. The van der Waals surface area contributed by atoms with Crippen LogP contribution >= 0.6 is 12.2 Å². The van der Waals surface area contributed by atoms with E-state index in [1.807, 2.05) is 46.6 Å². The van der Waals surface area contributed by atoms with Gasteiger partial charge in [-0.25, -0.2) is 9.97 Å². The van der Waals surface area contributed by atoms with Gasteiger partial charge in [0, 0.05) is 19.4 Å². The van der Waals surface area contributed by atoms with Crippen molar-refractivity contribution >= 4 is 18.2 Å². The van der Waals surface area contributed by atoms with Crippen LogP contribution in [0, 0.1) is 4.77 Å². The first-order valence-electron chi connectivity index (χ1n) is 9.30. The maximum Gasteiger partial charge on any atom is 0.225 e. The van der Waals surface area contributed by atoms with Crippen molar-refractivity contribution in [2.75, 3.05) is 38.2 Å². The third-order valence-corrected chi connectivity index (χ3v) is 5.55. The molecule has 0 aliphatic carbocycles. The van der Waals surface area contributed by atoms with E-state index in [1.165, 1.54) is 4.90 Å². The molecule has 3 heterocycles. The van der Waals surface area contributed by atoms with Crippen molar-refractivity contribution in [3.8, 4) is 17.1 Å². The molecule has 9 heteroatoms. The standard InChI is InChI=1S/C19H23N7OS/c1-23-17(15-6-3-4-7-16(15)27-2)22-26(19(23)28)14-24-10-12-25(13-11-24)18-20-8-5-9-21-18/h3-9H,10-14H2,1-2H3/p+1. The molecule has 0 radical (unpaired) electrons. The number of nitrogens with one attached hydrogen (secondary N) is 1. The Morgan fingerprint density at radius 2 is 1.82 bits per heavy atom. The number of nitrogens with zero attached hydrogens (tertiary/aromatic N) is 6. The first-order chi connectivity index (χ1) is 13.7. The van der Waals surface area contributed by atoms with E-state index >= 15 is 0 Å². The van der Waals surface area contributed by atoms with Gasteiger partial charge in [0.25, 0.3) is 0 Å². The van der Waals surface area contributed by atoms with Crippen molar-refractivity contribution in [1.29, 1.82) is 0 Å². The Labute approximate surface area is 169 Å². The lowest BCUT2D eigenvalue weighted by Crippen LogP contribution is -3.14. The van der Waals surface area contributed by atoms with Gasteiger partial charge in [0.1, 0.15) is 5.75 Å². The molecule has 0 bridgehead atoms. The third kappa shape index (κ3) is 3.63. The number of ether oxygens (including phenoxy) is 1. The van der Waals surface area contributed by atoms with Gasteiger partial charge in [-0.1, -0.05) is 12.1 Å². The summed E-state index contributed by atoms with van der Waals surface area (Å²) in [5.74, 6) is 2.41. The zero-order valence-electron chi connectivity index (χ0n) is 16.1. The molecule has 1 aliphatic rings. The summed E-state index contributed by atoms with van der Waals surface area (Å²) in [6.07, 6.45) is 3.57. The molecule has 3 aromatic rings. The predicted molar refractivity (Wildman–Crippen MR) is 109 cm³/mol. The van der Waals surface area contributed by atoms with Crippen molar-refractivity contribution in [3.05, 3.63) is 47.5 Å². The number of rotatable bonds is 5. The topological polar surface area (TPSA) is 65.4 Å². The number of benzene rings is 1. The van der Waals surface area contributed by atoms with Crippen molar-refractivity contribution in [1.82, 2.24) is 24.3 Å². The summed E-state index contributed by atoms with van der Waals surface area (Å²) in [5, 5.41) is 4.80. The van der Waals surface area contributed by atoms with Crippen molar-refractivity contribution in [3.63, 3.8) is 0 Å². The van der Waals surface area contributed by atoms with Gasteiger partial charge in [0.15, 0.2) is 12.5 Å². The first-order valence-corrected chi connectivity index (χ1v) is 9.71. The summed E-state index contributed by atoms with van der Waals surface area (Å²) in [6, 6.07) is 9.72. The van der Waals surface area contributed by atoms with E-state index in [4.69, 9.17) is 22.1 Å². The van der Waals surface area contributed by atoms with Crippen LogP contribution in [0.15, 0.2) is 42.7 Å². The summed E-state index contributed by atoms with van der Waals surface area (Å²) in [7, 11) is 3.62. The second-order valence-corrected chi connectivity index (χ2v) is 7.17. The molecule has 8 nitrogen and oxygen atoms in total. The maximum absolute atomic E-state index is 5.64. The van der Waals surface area contributed by atoms with Crippen molar-refractivity contribution in [2.24, 2.45) is 7.05 Å². The number of para-hydroxylation sites is 1. The minimum absolute atomic E-state index is 0.710. The summed E-state index contributed by atoms with van der Waals surface area (Å²) >= 11 is 5.64. The molecule has 28 heavy (non-hydrogen) atoms. The number of hydrogen-bond acceptors (Lipinski definition) is 6. The van der Waals surface area contributed by atoms with Crippen LogP contribution in [-0.4, -0.2) is 57.6 Å². The smallest absolute Gasteiger partial charge is 0.225 e. The van der Waals surface area contributed by atoms with Crippen LogP contribution in [0.5, 0.6) is 5.75 Å². The van der Waals surface area contributed by atoms with E-state index in [-0.39, 0.29) is 0 Å². The highest BCUT2D eigenvalue weighted by molar-refractivity contribution is 7.71. The molecule has 0 atom stereocenters. The lowest BCUT2D eigenvalue weighted by Gasteiger charge is -2.31. The Morgan fingerprint density at radius 3 is 2.54 bits per heavy atom. The van der Waals surface area contributed by atoms with E-state index < -0.39 is 0 Å². The van der Waals surface area contributed by atoms with Crippen LogP contribution in [0.1, 0.15) is 0 Å².